The summed E-state index contributed by atoms with van der Waals surface area (Å²) in [6, 6.07) is 12.3. The summed E-state index contributed by atoms with van der Waals surface area (Å²) in [7, 11) is 0. The van der Waals surface area contributed by atoms with Crippen molar-refractivity contribution in [3.8, 4) is 0 Å². The normalized spacial score (nSPS) is 18.1. The van der Waals surface area contributed by atoms with E-state index >= 15 is 0 Å². The number of amides is 2. The van der Waals surface area contributed by atoms with Crippen molar-refractivity contribution in [2.75, 3.05) is 6.54 Å². The number of hydrogen-bond acceptors (Lipinski definition) is 4. The van der Waals surface area contributed by atoms with Crippen LogP contribution in [0.25, 0.3) is 5.65 Å². The molecule has 1 atom stereocenters. The Hall–Kier alpha value is -3.22. The SMILES string of the molecule is Cc1nc2cc([C@@H]3CCCN3C(=O)Cc3ccccc3)nn2c(C)c1CCC(=O)NC1CC1. The van der Waals surface area contributed by atoms with Crippen molar-refractivity contribution in [1.82, 2.24) is 24.8 Å². The fraction of sp³-hybridized carbons (Fsp3) is 0.462. The van der Waals surface area contributed by atoms with Crippen LogP contribution in [0, 0.1) is 13.8 Å². The zero-order valence-corrected chi connectivity index (χ0v) is 19.4. The number of aryl methyl sites for hydroxylation is 2. The highest BCUT2D eigenvalue weighted by atomic mass is 16.2. The second-order valence-corrected chi connectivity index (χ2v) is 9.35. The molecule has 7 nitrogen and oxygen atoms in total. The molecule has 2 amide bonds. The number of nitrogens with zero attached hydrogens (tertiary/aromatic N) is 4. The maximum Gasteiger partial charge on any atom is 0.227 e. The van der Waals surface area contributed by atoms with Gasteiger partial charge < -0.3 is 10.2 Å². The van der Waals surface area contributed by atoms with E-state index in [-0.39, 0.29) is 17.9 Å². The van der Waals surface area contributed by atoms with E-state index in [0.717, 1.165) is 66.1 Å². The van der Waals surface area contributed by atoms with Gasteiger partial charge >= 0.3 is 0 Å². The van der Waals surface area contributed by atoms with Gasteiger partial charge in [0.25, 0.3) is 0 Å². The molecule has 172 valence electrons. The first-order chi connectivity index (χ1) is 16.0. The molecule has 7 heteroatoms. The second-order valence-electron chi connectivity index (χ2n) is 9.35. The second kappa shape index (κ2) is 8.96. The predicted molar refractivity (Wildman–Crippen MR) is 126 cm³/mol. The summed E-state index contributed by atoms with van der Waals surface area (Å²) >= 11 is 0. The molecule has 5 rings (SSSR count). The first kappa shape index (κ1) is 21.6. The Kier molecular flexibility index (Phi) is 5.87. The Morgan fingerprint density at radius 1 is 1.12 bits per heavy atom. The number of fused-ring (bicyclic) bond motifs is 1. The standard InChI is InChI=1S/C26H31N5O2/c1-17-21(12-13-25(32)28-20-10-11-20)18(2)31-24(27-17)16-22(29-31)23-9-6-14-30(23)26(33)15-19-7-4-3-5-8-19/h3-5,7-8,16,20,23H,6,9-15H2,1-2H3,(H,28,32)/t23-/m0/s1. The Balaban J connectivity index is 1.35. The number of likely N-dealkylation sites (tertiary alicyclic amines) is 1. The third-order valence-electron chi connectivity index (χ3n) is 6.84. The van der Waals surface area contributed by atoms with Gasteiger partial charge in [-0.2, -0.15) is 5.10 Å². The van der Waals surface area contributed by atoms with E-state index in [2.05, 4.69) is 5.32 Å². The summed E-state index contributed by atoms with van der Waals surface area (Å²) in [5, 5.41) is 7.94. The molecule has 2 aliphatic rings. The minimum absolute atomic E-state index is 0.0182. The summed E-state index contributed by atoms with van der Waals surface area (Å²) in [5.41, 5.74) is 5.76. The fourth-order valence-corrected chi connectivity index (χ4v) is 4.88. The van der Waals surface area contributed by atoms with E-state index in [1.807, 2.05) is 59.7 Å². The third kappa shape index (κ3) is 4.63. The molecule has 33 heavy (non-hydrogen) atoms. The van der Waals surface area contributed by atoms with Gasteiger partial charge in [-0.3, -0.25) is 9.59 Å². The van der Waals surface area contributed by atoms with Crippen LogP contribution in [-0.4, -0.2) is 43.9 Å². The Morgan fingerprint density at radius 3 is 2.67 bits per heavy atom. The first-order valence-electron chi connectivity index (χ1n) is 12.0. The Bertz CT molecular complexity index is 1180. The number of aromatic nitrogens is 3. The zero-order chi connectivity index (χ0) is 22.9. The molecule has 0 bridgehead atoms. The van der Waals surface area contributed by atoms with Gasteiger partial charge in [0, 0.05) is 36.5 Å². The van der Waals surface area contributed by atoms with Crippen LogP contribution in [0.5, 0.6) is 0 Å². The number of carbonyl (C=O) groups is 2. The zero-order valence-electron chi connectivity index (χ0n) is 19.4. The minimum Gasteiger partial charge on any atom is -0.353 e. The fourth-order valence-electron chi connectivity index (χ4n) is 4.88. The molecule has 0 unspecified atom stereocenters. The molecule has 1 aromatic carbocycles. The number of carbonyl (C=O) groups excluding carboxylic acids is 2. The average molecular weight is 446 g/mol. The lowest BCUT2D eigenvalue weighted by Gasteiger charge is -2.23. The maximum absolute atomic E-state index is 13.1. The van der Waals surface area contributed by atoms with Crippen molar-refractivity contribution in [2.24, 2.45) is 0 Å². The summed E-state index contributed by atoms with van der Waals surface area (Å²) in [6.45, 7) is 4.80. The molecule has 0 radical (unpaired) electrons. The van der Waals surface area contributed by atoms with Crippen molar-refractivity contribution in [1.29, 1.82) is 0 Å². The minimum atomic E-state index is -0.0182. The van der Waals surface area contributed by atoms with Crippen LogP contribution in [0.3, 0.4) is 0 Å². The van der Waals surface area contributed by atoms with Gasteiger partial charge in [0.2, 0.25) is 11.8 Å². The summed E-state index contributed by atoms with van der Waals surface area (Å²) in [6.07, 6.45) is 5.61. The first-order valence-corrected chi connectivity index (χ1v) is 12.0. The van der Waals surface area contributed by atoms with E-state index in [4.69, 9.17) is 10.1 Å². The van der Waals surface area contributed by atoms with Gasteiger partial charge in [-0.1, -0.05) is 30.3 Å². The van der Waals surface area contributed by atoms with E-state index in [1.165, 1.54) is 0 Å². The predicted octanol–water partition coefficient (Wildman–Crippen LogP) is 3.46. The Labute approximate surface area is 194 Å². The molecule has 3 aromatic rings. The van der Waals surface area contributed by atoms with Crippen molar-refractivity contribution in [3.63, 3.8) is 0 Å². The molecule has 0 spiro atoms. The van der Waals surface area contributed by atoms with Crippen LogP contribution < -0.4 is 5.32 Å². The Morgan fingerprint density at radius 2 is 1.91 bits per heavy atom. The monoisotopic (exact) mass is 445 g/mol. The average Bonchev–Trinajstić information content (AvgIpc) is 3.30. The van der Waals surface area contributed by atoms with Crippen LogP contribution in [0.1, 0.15) is 66.4 Å². The van der Waals surface area contributed by atoms with Crippen LogP contribution in [-0.2, 0) is 22.4 Å². The van der Waals surface area contributed by atoms with E-state index in [9.17, 15) is 9.59 Å². The van der Waals surface area contributed by atoms with E-state index in [1.54, 1.807) is 0 Å². The van der Waals surface area contributed by atoms with Crippen LogP contribution in [0.15, 0.2) is 36.4 Å². The molecule has 1 saturated heterocycles. The van der Waals surface area contributed by atoms with E-state index in [0.29, 0.717) is 25.3 Å². The topological polar surface area (TPSA) is 79.6 Å². The molecule has 2 aromatic heterocycles. The molecule has 2 fully saturated rings. The van der Waals surface area contributed by atoms with Crippen LogP contribution in [0.2, 0.25) is 0 Å². The maximum atomic E-state index is 13.1. The molecule has 1 aliphatic heterocycles. The quantitative estimate of drug-likeness (QED) is 0.604. The molecular weight excluding hydrogens is 414 g/mol. The van der Waals surface area contributed by atoms with Gasteiger partial charge in [-0.25, -0.2) is 9.50 Å². The number of benzene rings is 1. The lowest BCUT2D eigenvalue weighted by Crippen LogP contribution is -2.32. The van der Waals surface area contributed by atoms with Gasteiger partial charge in [0.15, 0.2) is 5.65 Å². The third-order valence-corrected chi connectivity index (χ3v) is 6.84. The smallest absolute Gasteiger partial charge is 0.227 e. The highest BCUT2D eigenvalue weighted by molar-refractivity contribution is 5.79. The largest absolute Gasteiger partial charge is 0.353 e. The van der Waals surface area contributed by atoms with Gasteiger partial charge in [0.1, 0.15) is 0 Å². The molecular formula is C26H31N5O2. The van der Waals surface area contributed by atoms with Crippen LogP contribution in [0.4, 0.5) is 0 Å². The van der Waals surface area contributed by atoms with Crippen molar-refractivity contribution in [3.05, 3.63) is 64.6 Å². The molecule has 3 heterocycles. The van der Waals surface area contributed by atoms with Gasteiger partial charge in [0.05, 0.1) is 18.2 Å². The van der Waals surface area contributed by atoms with Crippen LogP contribution >= 0.6 is 0 Å². The van der Waals surface area contributed by atoms with Crippen molar-refractivity contribution >= 4 is 17.5 Å². The van der Waals surface area contributed by atoms with Crippen molar-refractivity contribution < 1.29 is 9.59 Å². The number of hydrogen-bond donors (Lipinski definition) is 1. The summed E-state index contributed by atoms with van der Waals surface area (Å²) in [4.78, 5) is 32.0. The lowest BCUT2D eigenvalue weighted by molar-refractivity contribution is -0.131. The molecule has 1 saturated carbocycles. The molecule has 1 N–H and O–H groups in total. The van der Waals surface area contributed by atoms with E-state index < -0.39 is 0 Å². The van der Waals surface area contributed by atoms with Gasteiger partial charge in [-0.15, -0.1) is 0 Å². The number of nitrogens with one attached hydrogen (secondary N) is 1. The molecule has 1 aliphatic carbocycles. The lowest BCUT2D eigenvalue weighted by atomic mass is 10.1. The highest BCUT2D eigenvalue weighted by Gasteiger charge is 2.32. The summed E-state index contributed by atoms with van der Waals surface area (Å²) < 4.78 is 1.88. The highest BCUT2D eigenvalue weighted by Crippen LogP contribution is 2.32. The summed E-state index contributed by atoms with van der Waals surface area (Å²) in [5.74, 6) is 0.250. The van der Waals surface area contributed by atoms with Gasteiger partial charge in [-0.05, 0) is 57.1 Å². The number of rotatable bonds is 7. The van der Waals surface area contributed by atoms with Crippen molar-refractivity contribution in [2.45, 2.75) is 70.9 Å².